The molecule has 0 aliphatic carbocycles. The molecule has 2 atom stereocenters. The van der Waals surface area contributed by atoms with Gasteiger partial charge in [-0.3, -0.25) is 19.3 Å². The number of non-ortho nitro benzene ring substituents is 1. The molecule has 0 spiro atoms. The Hall–Kier alpha value is -2.85. The summed E-state index contributed by atoms with van der Waals surface area (Å²) in [5.41, 5.74) is 1.47. The van der Waals surface area contributed by atoms with E-state index in [1.54, 1.807) is 19.1 Å². The van der Waals surface area contributed by atoms with Gasteiger partial charge in [0.2, 0.25) is 10.0 Å². The smallest absolute Gasteiger partial charge is 0.306 e. The van der Waals surface area contributed by atoms with E-state index in [1.165, 1.54) is 12.1 Å². The van der Waals surface area contributed by atoms with Crippen LogP contribution in [0.1, 0.15) is 56.2 Å². The Morgan fingerprint density at radius 2 is 1.70 bits per heavy atom. The van der Waals surface area contributed by atoms with Gasteiger partial charge in [-0.1, -0.05) is 44.0 Å². The zero-order chi connectivity index (χ0) is 24.4. The Balaban J connectivity index is 2.17. The number of carbonyl (C=O) groups is 1. The molecular formula is C23H29FN2O6S. The number of nitrogens with one attached hydrogen (secondary N) is 1. The van der Waals surface area contributed by atoms with Crippen molar-refractivity contribution < 1.29 is 27.6 Å². The highest BCUT2D eigenvalue weighted by Crippen LogP contribution is 2.25. The first-order valence-electron chi connectivity index (χ1n) is 10.8. The second kappa shape index (κ2) is 12.4. The van der Waals surface area contributed by atoms with Gasteiger partial charge in [0, 0.05) is 18.2 Å². The van der Waals surface area contributed by atoms with Crippen molar-refractivity contribution in [3.8, 4) is 0 Å². The third-order valence-electron chi connectivity index (χ3n) is 5.45. The molecule has 2 N–H and O–H groups in total. The number of hydrogen-bond acceptors (Lipinski definition) is 5. The summed E-state index contributed by atoms with van der Waals surface area (Å²) in [6.07, 6.45) is 3.19. The zero-order valence-electron chi connectivity index (χ0n) is 18.4. The molecule has 2 aromatic rings. The fourth-order valence-corrected chi connectivity index (χ4v) is 4.60. The van der Waals surface area contributed by atoms with Crippen LogP contribution in [0.4, 0.5) is 10.1 Å². The average molecular weight is 481 g/mol. The summed E-state index contributed by atoms with van der Waals surface area (Å²) in [7, 11) is -3.95. The van der Waals surface area contributed by atoms with Crippen LogP contribution in [-0.4, -0.2) is 31.1 Å². The number of carboxylic acid groups (broad SMARTS) is 1. The molecule has 8 nitrogen and oxygen atoms in total. The third-order valence-corrected chi connectivity index (χ3v) is 6.94. The van der Waals surface area contributed by atoms with Crippen molar-refractivity contribution in [3.05, 3.63) is 69.8 Å². The molecule has 0 aliphatic rings. The number of nitro groups is 1. The van der Waals surface area contributed by atoms with Gasteiger partial charge in [-0.2, -0.15) is 0 Å². The molecule has 0 bridgehead atoms. The van der Waals surface area contributed by atoms with E-state index in [0.717, 1.165) is 23.3 Å². The van der Waals surface area contributed by atoms with Crippen molar-refractivity contribution in [1.82, 2.24) is 4.72 Å². The molecule has 2 rings (SSSR count). The van der Waals surface area contributed by atoms with Crippen LogP contribution in [0.15, 0.2) is 53.4 Å². The van der Waals surface area contributed by atoms with Crippen LogP contribution in [0.3, 0.4) is 0 Å². The number of aliphatic carboxylic acids is 1. The molecule has 10 heteroatoms. The number of halogens is 1. The molecule has 0 heterocycles. The van der Waals surface area contributed by atoms with E-state index < -0.39 is 39.6 Å². The summed E-state index contributed by atoms with van der Waals surface area (Å²) in [6.45, 7) is 1.22. The van der Waals surface area contributed by atoms with Crippen molar-refractivity contribution in [1.29, 1.82) is 0 Å². The topological polar surface area (TPSA) is 127 Å². The van der Waals surface area contributed by atoms with E-state index in [2.05, 4.69) is 4.72 Å². The van der Waals surface area contributed by atoms with Crippen LogP contribution < -0.4 is 4.72 Å². The Morgan fingerprint density at radius 1 is 1.06 bits per heavy atom. The van der Waals surface area contributed by atoms with Gasteiger partial charge in [0.1, 0.15) is 0 Å². The second-order valence-corrected chi connectivity index (χ2v) is 9.70. The quantitative estimate of drug-likeness (QED) is 0.227. The molecular weight excluding hydrogens is 451 g/mol. The molecule has 0 aliphatic heterocycles. The molecule has 0 saturated carbocycles. The Morgan fingerprint density at radius 3 is 2.24 bits per heavy atom. The standard InChI is InChI=1S/C23H29FN2O6S/c1-17(23(27)28)6-7-18-8-10-19(11-9-18)22(5-3-2-4-16-24)25-33(31,32)21-14-12-20(13-15-21)26(29)30/h8-15,17,22,25H,2-7,16H2,1H3,(H,27,28). The zero-order valence-corrected chi connectivity index (χ0v) is 19.3. The molecule has 2 aromatic carbocycles. The lowest BCUT2D eigenvalue weighted by molar-refractivity contribution is -0.384. The number of nitrogens with zero attached hydrogens (tertiary/aromatic N) is 1. The normalized spacial score (nSPS) is 13.4. The summed E-state index contributed by atoms with van der Waals surface area (Å²) >= 11 is 0. The average Bonchev–Trinajstić information content (AvgIpc) is 2.79. The summed E-state index contributed by atoms with van der Waals surface area (Å²) in [6, 6.07) is 11.4. The first kappa shape index (κ1) is 26.4. The largest absolute Gasteiger partial charge is 0.481 e. The van der Waals surface area contributed by atoms with Gasteiger partial charge >= 0.3 is 5.97 Å². The second-order valence-electron chi connectivity index (χ2n) is 7.98. The van der Waals surface area contributed by atoms with E-state index in [4.69, 9.17) is 5.11 Å². The van der Waals surface area contributed by atoms with Gasteiger partial charge in [0.25, 0.3) is 5.69 Å². The first-order valence-corrected chi connectivity index (χ1v) is 12.3. The minimum absolute atomic E-state index is 0.0823. The van der Waals surface area contributed by atoms with Crippen LogP contribution in [0.25, 0.3) is 0 Å². The van der Waals surface area contributed by atoms with E-state index in [0.29, 0.717) is 38.5 Å². The number of aryl methyl sites for hydroxylation is 1. The molecule has 0 saturated heterocycles. The van der Waals surface area contributed by atoms with Gasteiger partial charge in [-0.15, -0.1) is 0 Å². The van der Waals surface area contributed by atoms with E-state index in [9.17, 15) is 27.7 Å². The summed E-state index contributed by atoms with van der Waals surface area (Å²) in [5.74, 6) is -1.30. The van der Waals surface area contributed by atoms with Crippen molar-refractivity contribution >= 4 is 21.7 Å². The highest BCUT2D eigenvalue weighted by atomic mass is 32.2. The maximum Gasteiger partial charge on any atom is 0.306 e. The summed E-state index contributed by atoms with van der Waals surface area (Å²) in [5, 5.41) is 19.8. The number of rotatable bonds is 14. The minimum Gasteiger partial charge on any atom is -0.481 e. The number of benzene rings is 2. The molecule has 0 amide bonds. The predicted molar refractivity (Wildman–Crippen MR) is 122 cm³/mol. The predicted octanol–water partition coefficient (Wildman–Crippen LogP) is 4.80. The van der Waals surface area contributed by atoms with E-state index >= 15 is 0 Å². The van der Waals surface area contributed by atoms with Crippen LogP contribution in [-0.2, 0) is 21.2 Å². The number of sulfonamides is 1. The lowest BCUT2D eigenvalue weighted by Gasteiger charge is -2.20. The van der Waals surface area contributed by atoms with Gasteiger partial charge < -0.3 is 5.11 Å². The molecule has 2 unspecified atom stereocenters. The number of nitro benzene ring substituents is 1. The Bertz CT molecular complexity index is 1030. The lowest BCUT2D eigenvalue weighted by atomic mass is 9.97. The lowest BCUT2D eigenvalue weighted by Crippen LogP contribution is -2.28. The van der Waals surface area contributed by atoms with Crippen molar-refractivity contribution in [2.24, 2.45) is 5.92 Å². The fourth-order valence-electron chi connectivity index (χ4n) is 3.34. The number of alkyl halides is 1. The van der Waals surface area contributed by atoms with Crippen LogP contribution in [0, 0.1) is 16.0 Å². The minimum atomic E-state index is -3.95. The molecule has 33 heavy (non-hydrogen) atoms. The van der Waals surface area contributed by atoms with Crippen molar-refractivity contribution in [2.45, 2.75) is 56.4 Å². The SMILES string of the molecule is CC(CCc1ccc(C(CCCCCF)NS(=O)(=O)c2ccc([N+](=O)[O-])cc2)cc1)C(=O)O. The van der Waals surface area contributed by atoms with Crippen LogP contribution in [0.5, 0.6) is 0 Å². The number of carboxylic acids is 1. The van der Waals surface area contributed by atoms with Gasteiger partial charge in [-0.25, -0.2) is 13.1 Å². The molecule has 0 aromatic heterocycles. The van der Waals surface area contributed by atoms with Crippen LogP contribution in [0.2, 0.25) is 0 Å². The molecule has 180 valence electrons. The monoisotopic (exact) mass is 480 g/mol. The molecule has 0 radical (unpaired) electrons. The number of hydrogen-bond donors (Lipinski definition) is 2. The summed E-state index contributed by atoms with van der Waals surface area (Å²) < 4.78 is 40.9. The highest BCUT2D eigenvalue weighted by Gasteiger charge is 2.22. The van der Waals surface area contributed by atoms with Gasteiger partial charge in [-0.05, 0) is 48.9 Å². The Labute approximate surface area is 193 Å². The fraction of sp³-hybridized carbons (Fsp3) is 0.435. The number of unbranched alkanes of at least 4 members (excludes halogenated alkanes) is 2. The van der Waals surface area contributed by atoms with E-state index in [-0.39, 0.29) is 10.6 Å². The highest BCUT2D eigenvalue weighted by molar-refractivity contribution is 7.89. The summed E-state index contributed by atoms with van der Waals surface area (Å²) in [4.78, 5) is 21.1. The maximum atomic E-state index is 12.9. The van der Waals surface area contributed by atoms with Gasteiger partial charge in [0.05, 0.1) is 22.4 Å². The molecule has 0 fully saturated rings. The maximum absolute atomic E-state index is 12.9. The third kappa shape index (κ3) is 8.21. The Kier molecular flexibility index (Phi) is 9.93. The van der Waals surface area contributed by atoms with Gasteiger partial charge in [0.15, 0.2) is 0 Å². The van der Waals surface area contributed by atoms with Crippen LogP contribution >= 0.6 is 0 Å². The van der Waals surface area contributed by atoms with E-state index in [1.807, 2.05) is 12.1 Å². The van der Waals surface area contributed by atoms with Crippen molar-refractivity contribution in [2.75, 3.05) is 6.67 Å². The first-order chi connectivity index (χ1) is 15.6. The van der Waals surface area contributed by atoms with Crippen molar-refractivity contribution in [3.63, 3.8) is 0 Å².